The second-order valence-corrected chi connectivity index (χ2v) is 7.68. The molecule has 0 fully saturated rings. The molecular weight excluding hydrogens is 415 g/mol. The van der Waals surface area contributed by atoms with E-state index >= 15 is 0 Å². The standard InChI is InChI=1S/C21H17Cl3N4/c22-13-1-4-20-16(8-13)17-9-15(27-14-2-3-18(23)19(24)10-14)7-12(21(17)28-20)5-6-26-11-25/h1-4,7-11,27-28H,5-6H2,(H2,25,26). The third-order valence-electron chi connectivity index (χ3n) is 4.58. The van der Waals surface area contributed by atoms with Crippen molar-refractivity contribution in [3.8, 4) is 0 Å². The van der Waals surface area contributed by atoms with Gasteiger partial charge in [-0.25, -0.2) is 0 Å². The molecule has 0 aliphatic heterocycles. The van der Waals surface area contributed by atoms with Crippen LogP contribution >= 0.6 is 34.8 Å². The van der Waals surface area contributed by atoms with Gasteiger partial charge in [-0.15, -0.1) is 0 Å². The molecule has 0 aliphatic rings. The Morgan fingerprint density at radius 3 is 2.57 bits per heavy atom. The topological polar surface area (TPSA) is 66.2 Å². The summed E-state index contributed by atoms with van der Waals surface area (Å²) in [4.78, 5) is 7.64. The average molecular weight is 432 g/mol. The van der Waals surface area contributed by atoms with Crippen LogP contribution in [0, 0.1) is 0 Å². The number of nitrogens with zero attached hydrogens (tertiary/aromatic N) is 1. The second kappa shape index (κ2) is 7.92. The number of aliphatic imine (C=N–C) groups is 1. The van der Waals surface area contributed by atoms with Crippen LogP contribution in [0.4, 0.5) is 11.4 Å². The van der Waals surface area contributed by atoms with Crippen molar-refractivity contribution >= 4 is 74.3 Å². The van der Waals surface area contributed by atoms with Gasteiger partial charge in [-0.2, -0.15) is 0 Å². The van der Waals surface area contributed by atoms with Gasteiger partial charge in [0.05, 0.1) is 16.4 Å². The maximum Gasteiger partial charge on any atom is 0.0797 e. The Bertz CT molecular complexity index is 1200. The highest BCUT2D eigenvalue weighted by atomic mass is 35.5. The summed E-state index contributed by atoms with van der Waals surface area (Å²) in [6, 6.07) is 15.5. The van der Waals surface area contributed by atoms with Crippen LogP contribution in [0.15, 0.2) is 53.5 Å². The molecule has 4 nitrogen and oxygen atoms in total. The Hall–Kier alpha value is -2.40. The minimum Gasteiger partial charge on any atom is -0.390 e. The van der Waals surface area contributed by atoms with Crippen LogP contribution in [0.3, 0.4) is 0 Å². The summed E-state index contributed by atoms with van der Waals surface area (Å²) in [6.07, 6.45) is 2.08. The van der Waals surface area contributed by atoms with E-state index in [1.165, 1.54) is 6.34 Å². The van der Waals surface area contributed by atoms with Gasteiger partial charge in [0.15, 0.2) is 0 Å². The molecule has 0 amide bonds. The van der Waals surface area contributed by atoms with Gasteiger partial charge in [0.1, 0.15) is 0 Å². The molecule has 0 radical (unpaired) electrons. The first kappa shape index (κ1) is 18.9. The summed E-state index contributed by atoms with van der Waals surface area (Å²) in [6.45, 7) is 0.609. The zero-order chi connectivity index (χ0) is 19.7. The first-order valence-electron chi connectivity index (χ1n) is 8.71. The van der Waals surface area contributed by atoms with Gasteiger partial charge in [0.2, 0.25) is 0 Å². The van der Waals surface area contributed by atoms with E-state index in [2.05, 4.69) is 27.4 Å². The molecule has 28 heavy (non-hydrogen) atoms. The predicted molar refractivity (Wildman–Crippen MR) is 122 cm³/mol. The molecule has 0 aliphatic carbocycles. The highest BCUT2D eigenvalue weighted by Gasteiger charge is 2.11. The number of benzene rings is 3. The predicted octanol–water partition coefficient (Wildman–Crippen LogP) is 6.55. The molecule has 4 aromatic rings. The number of hydrogen-bond acceptors (Lipinski definition) is 2. The minimum atomic E-state index is 0.504. The van der Waals surface area contributed by atoms with Crippen molar-refractivity contribution in [1.29, 1.82) is 0 Å². The largest absolute Gasteiger partial charge is 0.390 e. The molecule has 0 bridgehead atoms. The van der Waals surface area contributed by atoms with Crippen LogP contribution in [-0.2, 0) is 6.42 Å². The van der Waals surface area contributed by atoms with Gasteiger partial charge in [-0.1, -0.05) is 34.8 Å². The van der Waals surface area contributed by atoms with Crippen LogP contribution in [0.1, 0.15) is 5.56 Å². The van der Waals surface area contributed by atoms with E-state index in [0.717, 1.165) is 45.2 Å². The molecule has 3 aromatic carbocycles. The molecule has 1 heterocycles. The number of nitrogens with two attached hydrogens (primary N) is 1. The van der Waals surface area contributed by atoms with Crippen molar-refractivity contribution in [1.82, 2.24) is 4.98 Å². The molecule has 7 heteroatoms. The maximum atomic E-state index is 6.23. The number of anilines is 2. The van der Waals surface area contributed by atoms with Crippen LogP contribution < -0.4 is 11.1 Å². The number of fused-ring (bicyclic) bond motifs is 3. The lowest BCUT2D eigenvalue weighted by Gasteiger charge is -2.11. The van der Waals surface area contributed by atoms with Gasteiger partial charge in [-0.3, -0.25) is 4.99 Å². The van der Waals surface area contributed by atoms with E-state index in [0.29, 0.717) is 21.6 Å². The SMILES string of the molecule is NC=NCCc1cc(Nc2ccc(Cl)c(Cl)c2)cc2c1[nH]c1ccc(Cl)cc12. The monoisotopic (exact) mass is 430 g/mol. The fourth-order valence-corrected chi connectivity index (χ4v) is 3.78. The van der Waals surface area contributed by atoms with Crippen molar-refractivity contribution < 1.29 is 0 Å². The van der Waals surface area contributed by atoms with E-state index in [4.69, 9.17) is 40.5 Å². The van der Waals surface area contributed by atoms with E-state index in [1.54, 1.807) is 12.1 Å². The highest BCUT2D eigenvalue weighted by molar-refractivity contribution is 6.42. The fourth-order valence-electron chi connectivity index (χ4n) is 3.31. The smallest absolute Gasteiger partial charge is 0.0797 e. The first-order valence-corrected chi connectivity index (χ1v) is 9.84. The molecule has 0 saturated heterocycles. The van der Waals surface area contributed by atoms with Crippen LogP contribution in [0.2, 0.25) is 15.1 Å². The number of halogens is 3. The molecule has 4 N–H and O–H groups in total. The Labute approximate surface area is 177 Å². The van der Waals surface area contributed by atoms with Crippen molar-refractivity contribution in [2.24, 2.45) is 10.7 Å². The summed E-state index contributed by atoms with van der Waals surface area (Å²) in [5.74, 6) is 0. The van der Waals surface area contributed by atoms with Gasteiger partial charge < -0.3 is 16.0 Å². The Morgan fingerprint density at radius 2 is 1.79 bits per heavy atom. The number of aromatic amines is 1. The third kappa shape index (κ3) is 3.76. The zero-order valence-corrected chi connectivity index (χ0v) is 17.0. The molecule has 0 unspecified atom stereocenters. The summed E-state index contributed by atoms with van der Waals surface area (Å²) >= 11 is 18.4. The quantitative estimate of drug-likeness (QED) is 0.247. The lowest BCUT2D eigenvalue weighted by molar-refractivity contribution is 0.977. The molecule has 142 valence electrons. The Kier molecular flexibility index (Phi) is 5.36. The molecular formula is C21H17Cl3N4. The lowest BCUT2D eigenvalue weighted by atomic mass is 10.0. The fraction of sp³-hybridized carbons (Fsp3) is 0.0952. The molecule has 0 spiro atoms. The number of H-pyrrole nitrogens is 1. The Balaban J connectivity index is 1.84. The highest BCUT2D eigenvalue weighted by Crippen LogP contribution is 2.34. The summed E-state index contributed by atoms with van der Waals surface area (Å²) in [7, 11) is 0. The molecule has 0 saturated carbocycles. The normalized spacial score (nSPS) is 11.7. The lowest BCUT2D eigenvalue weighted by Crippen LogP contribution is -1.97. The minimum absolute atomic E-state index is 0.504. The molecule has 0 atom stereocenters. The number of rotatable bonds is 5. The first-order chi connectivity index (χ1) is 13.5. The number of hydrogen-bond donors (Lipinski definition) is 3. The number of nitrogens with one attached hydrogen (secondary N) is 2. The molecule has 4 rings (SSSR count). The van der Waals surface area contributed by atoms with E-state index in [9.17, 15) is 0 Å². The van der Waals surface area contributed by atoms with Gasteiger partial charge in [-0.05, 0) is 60.5 Å². The Morgan fingerprint density at radius 1 is 0.929 bits per heavy atom. The number of aromatic nitrogens is 1. The van der Waals surface area contributed by atoms with Crippen molar-refractivity contribution in [2.75, 3.05) is 11.9 Å². The zero-order valence-electron chi connectivity index (χ0n) is 14.8. The van der Waals surface area contributed by atoms with Crippen LogP contribution in [0.25, 0.3) is 21.8 Å². The van der Waals surface area contributed by atoms with Crippen LogP contribution in [-0.4, -0.2) is 17.9 Å². The molecule has 1 aromatic heterocycles. The summed E-state index contributed by atoms with van der Waals surface area (Å²) < 4.78 is 0. The van der Waals surface area contributed by atoms with Crippen LogP contribution in [0.5, 0.6) is 0 Å². The van der Waals surface area contributed by atoms with Gasteiger partial charge in [0.25, 0.3) is 0 Å². The summed E-state index contributed by atoms with van der Waals surface area (Å²) in [5.41, 5.74) is 10.4. The van der Waals surface area contributed by atoms with E-state index < -0.39 is 0 Å². The van der Waals surface area contributed by atoms with Gasteiger partial charge in [0, 0.05) is 44.7 Å². The van der Waals surface area contributed by atoms with E-state index in [1.807, 2.05) is 24.3 Å². The average Bonchev–Trinajstić information content (AvgIpc) is 3.03. The van der Waals surface area contributed by atoms with Gasteiger partial charge >= 0.3 is 0 Å². The third-order valence-corrected chi connectivity index (χ3v) is 5.55. The second-order valence-electron chi connectivity index (χ2n) is 6.43. The van der Waals surface area contributed by atoms with Crippen molar-refractivity contribution in [3.05, 3.63) is 69.2 Å². The maximum absolute atomic E-state index is 6.23. The van der Waals surface area contributed by atoms with Crippen molar-refractivity contribution in [2.45, 2.75) is 6.42 Å². The van der Waals surface area contributed by atoms with E-state index in [-0.39, 0.29) is 0 Å². The summed E-state index contributed by atoms with van der Waals surface area (Å²) in [5, 5.41) is 7.30. The van der Waals surface area contributed by atoms with Crippen molar-refractivity contribution in [3.63, 3.8) is 0 Å².